The third-order valence-corrected chi connectivity index (χ3v) is 5.80. The average molecular weight is 413 g/mol. The number of hydrogen-bond acceptors (Lipinski definition) is 5. The molecule has 6 heteroatoms. The van der Waals surface area contributed by atoms with Gasteiger partial charge in [-0.15, -0.1) is 0 Å². The first-order valence-corrected chi connectivity index (χ1v) is 10.8. The van der Waals surface area contributed by atoms with Crippen LogP contribution in [0.15, 0.2) is 89.8 Å². The van der Waals surface area contributed by atoms with Gasteiger partial charge >= 0.3 is 0 Å². The summed E-state index contributed by atoms with van der Waals surface area (Å²) in [7, 11) is 0. The summed E-state index contributed by atoms with van der Waals surface area (Å²) in [4.78, 5) is 0. The monoisotopic (exact) mass is 412 g/mol. The number of aryl methyl sites for hydroxylation is 1. The summed E-state index contributed by atoms with van der Waals surface area (Å²) in [5.74, 6) is 0.912. The summed E-state index contributed by atoms with van der Waals surface area (Å²) >= 11 is 0. The van der Waals surface area contributed by atoms with Crippen LogP contribution in [0.5, 0.6) is 0 Å². The molecule has 0 bridgehead atoms. The molecule has 0 saturated carbocycles. The number of H-pyrrole nitrogens is 1. The van der Waals surface area contributed by atoms with Gasteiger partial charge in [0.15, 0.2) is 0 Å². The quantitative estimate of drug-likeness (QED) is 0.488. The molecule has 0 aliphatic carbocycles. The van der Waals surface area contributed by atoms with Crippen LogP contribution in [-0.2, 0) is 6.42 Å². The molecule has 0 fully saturated rings. The highest BCUT2D eigenvalue weighted by Crippen LogP contribution is 2.31. The molecule has 158 valence electrons. The standard InChI is InChI=1S/C25H28N6/c1-18-12-25(29-28-18)27-24-17-31(30-21-10-6-3-7-11-21)16-20-15-26-22(14-23(20)24)13-19-8-4-2-5-9-19/h2-12,17,22,26,30H,13-16H2,1H3,(H2,27,28,29). The Morgan fingerprint density at radius 1 is 1.06 bits per heavy atom. The lowest BCUT2D eigenvalue weighted by Crippen LogP contribution is -2.43. The van der Waals surface area contributed by atoms with Gasteiger partial charge in [0.2, 0.25) is 0 Å². The summed E-state index contributed by atoms with van der Waals surface area (Å²) in [5, 5.41) is 16.8. The fourth-order valence-electron chi connectivity index (χ4n) is 4.31. The molecule has 6 nitrogen and oxygen atoms in total. The highest BCUT2D eigenvalue weighted by molar-refractivity contribution is 5.54. The largest absolute Gasteiger partial charge is 0.339 e. The van der Waals surface area contributed by atoms with E-state index in [9.17, 15) is 0 Å². The van der Waals surface area contributed by atoms with Crippen LogP contribution >= 0.6 is 0 Å². The molecule has 3 heterocycles. The van der Waals surface area contributed by atoms with Gasteiger partial charge < -0.3 is 10.6 Å². The zero-order valence-electron chi connectivity index (χ0n) is 17.7. The third kappa shape index (κ3) is 4.64. The molecule has 1 aromatic heterocycles. The first kappa shape index (κ1) is 19.5. The third-order valence-electron chi connectivity index (χ3n) is 5.80. The molecule has 3 aromatic rings. The number of rotatable bonds is 6. The Kier molecular flexibility index (Phi) is 5.46. The average Bonchev–Trinajstić information content (AvgIpc) is 3.20. The molecule has 4 N–H and O–H groups in total. The lowest BCUT2D eigenvalue weighted by Gasteiger charge is -2.37. The molecule has 1 atom stereocenters. The second kappa shape index (κ2) is 8.70. The molecule has 5 rings (SSSR count). The summed E-state index contributed by atoms with van der Waals surface area (Å²) in [5.41, 5.74) is 10.9. The number of benzene rings is 2. The van der Waals surface area contributed by atoms with Gasteiger partial charge in [-0.25, -0.2) is 0 Å². The van der Waals surface area contributed by atoms with E-state index >= 15 is 0 Å². The van der Waals surface area contributed by atoms with Crippen molar-refractivity contribution in [2.45, 2.75) is 25.8 Å². The number of aromatic nitrogens is 2. The van der Waals surface area contributed by atoms with Crippen molar-refractivity contribution in [3.8, 4) is 0 Å². The fourth-order valence-corrected chi connectivity index (χ4v) is 4.31. The van der Waals surface area contributed by atoms with E-state index in [0.717, 1.165) is 48.8 Å². The first-order chi connectivity index (χ1) is 15.2. The maximum Gasteiger partial charge on any atom is 0.126 e. The number of hydrogen-bond donors (Lipinski definition) is 4. The molecule has 31 heavy (non-hydrogen) atoms. The Hall–Kier alpha value is -3.51. The Balaban J connectivity index is 1.38. The van der Waals surface area contributed by atoms with E-state index in [-0.39, 0.29) is 0 Å². The Morgan fingerprint density at radius 3 is 2.58 bits per heavy atom. The number of para-hydroxylation sites is 1. The summed E-state index contributed by atoms with van der Waals surface area (Å²) in [6.45, 7) is 3.73. The minimum atomic E-state index is 0.420. The van der Waals surface area contributed by atoms with Crippen LogP contribution in [0.25, 0.3) is 0 Å². The first-order valence-electron chi connectivity index (χ1n) is 10.8. The number of aromatic amines is 1. The van der Waals surface area contributed by atoms with Crippen LogP contribution in [0, 0.1) is 6.92 Å². The molecule has 0 spiro atoms. The Morgan fingerprint density at radius 2 is 1.84 bits per heavy atom. The van der Waals surface area contributed by atoms with Crippen molar-refractivity contribution < 1.29 is 0 Å². The second-order valence-corrected chi connectivity index (χ2v) is 8.25. The van der Waals surface area contributed by atoms with E-state index in [4.69, 9.17) is 0 Å². The molecule has 2 aliphatic rings. The van der Waals surface area contributed by atoms with Crippen molar-refractivity contribution in [2.75, 3.05) is 23.8 Å². The van der Waals surface area contributed by atoms with Crippen molar-refractivity contribution in [1.82, 2.24) is 20.5 Å². The lowest BCUT2D eigenvalue weighted by molar-refractivity contribution is 0.426. The number of nitrogens with zero attached hydrogens (tertiary/aromatic N) is 2. The summed E-state index contributed by atoms with van der Waals surface area (Å²) in [6, 6.07) is 23.5. The smallest absolute Gasteiger partial charge is 0.126 e. The second-order valence-electron chi connectivity index (χ2n) is 8.25. The zero-order valence-corrected chi connectivity index (χ0v) is 17.7. The molecule has 0 saturated heterocycles. The fraction of sp³-hybridized carbons (Fsp3) is 0.240. The van der Waals surface area contributed by atoms with Gasteiger partial charge in [-0.05, 0) is 48.6 Å². The van der Waals surface area contributed by atoms with Crippen molar-refractivity contribution in [3.63, 3.8) is 0 Å². The minimum Gasteiger partial charge on any atom is -0.339 e. The number of hydrazine groups is 1. The van der Waals surface area contributed by atoms with Crippen molar-refractivity contribution in [1.29, 1.82) is 0 Å². The van der Waals surface area contributed by atoms with Crippen LogP contribution in [0.2, 0.25) is 0 Å². The molecule has 2 aliphatic heterocycles. The number of anilines is 2. The highest BCUT2D eigenvalue weighted by atomic mass is 15.5. The summed E-state index contributed by atoms with van der Waals surface area (Å²) in [6.07, 6.45) is 4.20. The van der Waals surface area contributed by atoms with E-state index < -0.39 is 0 Å². The number of allylic oxidation sites excluding steroid dienone is 1. The van der Waals surface area contributed by atoms with Gasteiger partial charge in [0.05, 0.1) is 23.6 Å². The Bertz CT molecular complexity index is 1080. The van der Waals surface area contributed by atoms with E-state index in [1.807, 2.05) is 31.2 Å². The van der Waals surface area contributed by atoms with E-state index in [0.29, 0.717) is 6.04 Å². The molecular weight excluding hydrogens is 384 g/mol. The van der Waals surface area contributed by atoms with Crippen LogP contribution in [0.4, 0.5) is 11.5 Å². The van der Waals surface area contributed by atoms with Gasteiger partial charge in [0, 0.05) is 24.9 Å². The predicted octanol–water partition coefficient (Wildman–Crippen LogP) is 4.22. The Labute approximate surface area is 183 Å². The molecule has 0 amide bonds. The van der Waals surface area contributed by atoms with Gasteiger partial charge in [-0.1, -0.05) is 48.5 Å². The van der Waals surface area contributed by atoms with E-state index in [1.54, 1.807) is 0 Å². The topological polar surface area (TPSA) is 68.0 Å². The minimum absolute atomic E-state index is 0.420. The highest BCUT2D eigenvalue weighted by Gasteiger charge is 2.27. The number of nitrogens with one attached hydrogen (secondary N) is 4. The van der Waals surface area contributed by atoms with Gasteiger partial charge in [0.1, 0.15) is 5.82 Å². The van der Waals surface area contributed by atoms with Gasteiger partial charge in [-0.2, -0.15) is 5.10 Å². The van der Waals surface area contributed by atoms with E-state index in [1.165, 1.54) is 16.7 Å². The van der Waals surface area contributed by atoms with Gasteiger partial charge in [0.25, 0.3) is 0 Å². The normalized spacial score (nSPS) is 18.4. The van der Waals surface area contributed by atoms with Crippen molar-refractivity contribution in [2.24, 2.45) is 0 Å². The van der Waals surface area contributed by atoms with Crippen molar-refractivity contribution >= 4 is 11.5 Å². The maximum absolute atomic E-state index is 4.27. The molecular formula is C25H28N6. The molecule has 0 radical (unpaired) electrons. The van der Waals surface area contributed by atoms with Crippen LogP contribution in [0.1, 0.15) is 17.7 Å². The molecule has 1 unspecified atom stereocenters. The lowest BCUT2D eigenvalue weighted by atomic mass is 9.89. The molecule has 2 aromatic carbocycles. The maximum atomic E-state index is 4.27. The summed E-state index contributed by atoms with van der Waals surface area (Å²) < 4.78 is 0. The van der Waals surface area contributed by atoms with Crippen molar-refractivity contribution in [3.05, 3.63) is 101 Å². The van der Waals surface area contributed by atoms with Crippen LogP contribution in [-0.4, -0.2) is 34.3 Å². The zero-order chi connectivity index (χ0) is 21.0. The predicted molar refractivity (Wildman–Crippen MR) is 125 cm³/mol. The SMILES string of the molecule is Cc1cc(NC2=CN(Nc3ccccc3)CC3=C2CC(Cc2ccccc2)NC3)[nH]n1. The van der Waals surface area contributed by atoms with Crippen LogP contribution in [0.3, 0.4) is 0 Å². The van der Waals surface area contributed by atoms with Gasteiger partial charge in [-0.3, -0.25) is 15.5 Å². The van der Waals surface area contributed by atoms with Crippen LogP contribution < -0.4 is 16.1 Å². The van der Waals surface area contributed by atoms with E-state index in [2.05, 4.69) is 79.9 Å².